The van der Waals surface area contributed by atoms with E-state index in [1.165, 1.54) is 9.42 Å². The summed E-state index contributed by atoms with van der Waals surface area (Å²) in [5.74, 6) is -0.645. The number of pyridine rings is 2. The highest BCUT2D eigenvalue weighted by molar-refractivity contribution is 6.04. The first kappa shape index (κ1) is 30.9. The van der Waals surface area contributed by atoms with E-state index in [-0.39, 0.29) is 47.5 Å². The number of primary amides is 1. The molecule has 4 aromatic rings. The highest BCUT2D eigenvalue weighted by Gasteiger charge is 2.58. The Labute approximate surface area is 263 Å². The molecule has 1 aliphatic heterocycles. The summed E-state index contributed by atoms with van der Waals surface area (Å²) in [5.41, 5.74) is 6.72. The number of urea groups is 1. The number of nitrogens with one attached hydrogen (secondary N) is 2. The number of nitrogens with two attached hydrogens (primary N) is 1. The molecule has 14 nitrogen and oxygen atoms in total. The van der Waals surface area contributed by atoms with Crippen molar-refractivity contribution in [2.45, 2.75) is 71.1 Å². The van der Waals surface area contributed by atoms with Crippen LogP contribution in [0, 0.1) is 11.3 Å². The molecule has 4 amide bonds. The van der Waals surface area contributed by atoms with E-state index in [0.29, 0.717) is 28.9 Å². The Hall–Kier alpha value is -5.14. The number of ether oxygens (including phenoxy) is 2. The lowest BCUT2D eigenvalue weighted by atomic mass is 9.52. The minimum Gasteiger partial charge on any atom is -0.473 e. The van der Waals surface area contributed by atoms with Gasteiger partial charge in [0.2, 0.25) is 5.88 Å². The van der Waals surface area contributed by atoms with Crippen LogP contribution in [0.3, 0.4) is 0 Å². The van der Waals surface area contributed by atoms with Crippen LogP contribution in [0.4, 0.5) is 4.79 Å². The number of aromatic nitrogens is 4. The van der Waals surface area contributed by atoms with E-state index in [4.69, 9.17) is 15.2 Å². The van der Waals surface area contributed by atoms with Crippen molar-refractivity contribution >= 4 is 34.8 Å². The Morgan fingerprint density at radius 3 is 2.39 bits per heavy atom. The van der Waals surface area contributed by atoms with Gasteiger partial charge in [-0.3, -0.25) is 28.9 Å². The summed E-state index contributed by atoms with van der Waals surface area (Å²) in [7, 11) is 0. The predicted molar refractivity (Wildman–Crippen MR) is 165 cm³/mol. The van der Waals surface area contributed by atoms with Gasteiger partial charge in [-0.05, 0) is 74.6 Å². The first-order chi connectivity index (χ1) is 22.0. The quantitative estimate of drug-likeness (QED) is 0.196. The summed E-state index contributed by atoms with van der Waals surface area (Å²) in [6.07, 6.45) is 7.25. The fourth-order valence-electron chi connectivity index (χ4n) is 6.85. The van der Waals surface area contributed by atoms with Crippen molar-refractivity contribution in [1.29, 1.82) is 0 Å². The Balaban J connectivity index is 0.000000208. The van der Waals surface area contributed by atoms with Gasteiger partial charge in [0.05, 0.1) is 17.6 Å². The smallest absolute Gasteiger partial charge is 0.346 e. The van der Waals surface area contributed by atoms with Gasteiger partial charge in [-0.2, -0.15) is 0 Å². The number of aromatic amines is 1. The van der Waals surface area contributed by atoms with Crippen molar-refractivity contribution in [3.63, 3.8) is 0 Å². The maximum atomic E-state index is 12.7. The number of carbonyl (C=O) groups excluding carboxylic acids is 4. The van der Waals surface area contributed by atoms with Crippen LogP contribution in [0.1, 0.15) is 73.6 Å². The van der Waals surface area contributed by atoms with Gasteiger partial charge in [-0.15, -0.1) is 5.10 Å². The fourth-order valence-corrected chi connectivity index (χ4v) is 6.85. The molecule has 1 atom stereocenters. The number of rotatable bonds is 8. The number of fused-ring (bicyclic) bond motifs is 2. The van der Waals surface area contributed by atoms with E-state index in [1.54, 1.807) is 48.1 Å². The van der Waals surface area contributed by atoms with Crippen molar-refractivity contribution in [1.82, 2.24) is 29.4 Å². The van der Waals surface area contributed by atoms with E-state index >= 15 is 0 Å². The molecular weight excluding hydrogens is 594 g/mol. The number of amides is 4. The van der Waals surface area contributed by atoms with Crippen LogP contribution in [0.2, 0.25) is 0 Å². The normalized spacial score (nSPS) is 23.6. The number of esters is 1. The summed E-state index contributed by atoms with van der Waals surface area (Å²) >= 11 is 0. The van der Waals surface area contributed by atoms with Crippen LogP contribution in [-0.4, -0.2) is 72.7 Å². The lowest BCUT2D eigenvalue weighted by molar-refractivity contribution is -0.141. The first-order valence-electron chi connectivity index (χ1n) is 15.4. The molecule has 4 aromatic heterocycles. The average molecular weight is 632 g/mol. The molecule has 3 aliphatic rings. The van der Waals surface area contributed by atoms with Gasteiger partial charge in [-0.25, -0.2) is 14.1 Å². The molecule has 5 heterocycles. The largest absolute Gasteiger partial charge is 0.473 e. The summed E-state index contributed by atoms with van der Waals surface area (Å²) in [6.45, 7) is 6.04. The van der Waals surface area contributed by atoms with Crippen molar-refractivity contribution in [3.8, 4) is 5.88 Å². The molecule has 242 valence electrons. The molecule has 2 aliphatic carbocycles. The van der Waals surface area contributed by atoms with Crippen molar-refractivity contribution in [2.24, 2.45) is 17.1 Å². The Morgan fingerprint density at radius 1 is 1.02 bits per heavy atom. The van der Waals surface area contributed by atoms with E-state index in [1.807, 2.05) is 26.0 Å². The molecule has 0 aromatic carbocycles. The fraction of sp³-hybridized carbons (Fsp3) is 0.438. The second-order valence-electron chi connectivity index (χ2n) is 12.6. The molecule has 46 heavy (non-hydrogen) atoms. The van der Waals surface area contributed by atoms with E-state index in [0.717, 1.165) is 25.7 Å². The Bertz CT molecular complexity index is 1880. The van der Waals surface area contributed by atoms with Gasteiger partial charge in [-0.1, -0.05) is 26.0 Å². The number of hydrogen-bond donors (Lipinski definition) is 3. The molecule has 1 spiro atoms. The molecule has 0 radical (unpaired) electrons. The molecule has 14 heteroatoms. The van der Waals surface area contributed by atoms with Crippen LogP contribution >= 0.6 is 0 Å². The lowest BCUT2D eigenvalue weighted by Gasteiger charge is -2.58. The third-order valence-electron chi connectivity index (χ3n) is 8.86. The van der Waals surface area contributed by atoms with Crippen molar-refractivity contribution in [2.75, 3.05) is 6.61 Å². The minimum atomic E-state index is -0.590. The lowest BCUT2D eigenvalue weighted by Crippen LogP contribution is -2.60. The Morgan fingerprint density at radius 2 is 1.72 bits per heavy atom. The first-order valence-corrected chi connectivity index (χ1v) is 15.4. The van der Waals surface area contributed by atoms with Gasteiger partial charge in [0.15, 0.2) is 5.56 Å². The average Bonchev–Trinajstić information content (AvgIpc) is 3.59. The van der Waals surface area contributed by atoms with Crippen LogP contribution in [0.5, 0.6) is 5.88 Å². The van der Waals surface area contributed by atoms with Gasteiger partial charge in [0, 0.05) is 18.4 Å². The van der Waals surface area contributed by atoms with Gasteiger partial charge in [0.1, 0.15) is 17.7 Å². The monoisotopic (exact) mass is 631 g/mol. The third kappa shape index (κ3) is 5.59. The van der Waals surface area contributed by atoms with Gasteiger partial charge in [0.25, 0.3) is 17.4 Å². The summed E-state index contributed by atoms with van der Waals surface area (Å²) in [5, 5.41) is 9.72. The van der Waals surface area contributed by atoms with E-state index in [2.05, 4.69) is 15.5 Å². The highest BCUT2D eigenvalue weighted by Crippen LogP contribution is 2.58. The molecular formula is C32H37N7O7. The summed E-state index contributed by atoms with van der Waals surface area (Å²) in [6, 6.07) is 9.92. The zero-order valence-electron chi connectivity index (χ0n) is 25.9. The van der Waals surface area contributed by atoms with Crippen LogP contribution < -0.4 is 21.3 Å². The number of carbonyl (C=O) groups is 4. The summed E-state index contributed by atoms with van der Waals surface area (Å²) in [4.78, 5) is 61.3. The number of imide groups is 1. The van der Waals surface area contributed by atoms with Crippen LogP contribution in [-0.2, 0) is 9.53 Å². The minimum absolute atomic E-state index is 0.0398. The number of H-pyrrole nitrogens is 1. The molecule has 0 bridgehead atoms. The molecule has 7 rings (SSSR count). The van der Waals surface area contributed by atoms with Gasteiger partial charge < -0.3 is 20.5 Å². The molecule has 2 saturated carbocycles. The molecule has 1 unspecified atom stereocenters. The molecule has 1 saturated heterocycles. The van der Waals surface area contributed by atoms with Crippen LogP contribution in [0.25, 0.3) is 11.0 Å². The Kier molecular flexibility index (Phi) is 8.04. The molecule has 3 fully saturated rings. The van der Waals surface area contributed by atoms with Crippen LogP contribution in [0.15, 0.2) is 53.6 Å². The maximum Gasteiger partial charge on any atom is 0.346 e. The second-order valence-corrected chi connectivity index (χ2v) is 12.6. The highest BCUT2D eigenvalue weighted by atomic mass is 16.5. The van der Waals surface area contributed by atoms with Crippen molar-refractivity contribution in [3.05, 3.63) is 70.3 Å². The predicted octanol–water partition coefficient (Wildman–Crippen LogP) is 2.89. The van der Waals surface area contributed by atoms with Crippen molar-refractivity contribution < 1.29 is 28.7 Å². The number of nitrogens with zero attached hydrogens (tertiary/aromatic N) is 4. The van der Waals surface area contributed by atoms with Gasteiger partial charge >= 0.3 is 12.0 Å². The topological polar surface area (TPSA) is 183 Å². The van der Waals surface area contributed by atoms with E-state index in [9.17, 15) is 24.0 Å². The van der Waals surface area contributed by atoms with E-state index < -0.39 is 23.5 Å². The standard InChI is InChI=1S/C22H27N5O4.C10H10N2O3/c1-12(2)7-15-20(29)27(21(30)24-15)13-8-22(9-13)10-14(11-22)31-19-17(18(23)28)16-5-3-4-6-26(16)25-19;1-2-15-10(14)8-7-5-3-4-6-12(7)11-9(8)13/h3-6,12-15H,7-11H2,1-2H3,(H2,23,28)(H,24,30);3-6H,2H2,1H3,(H,11,13). The second kappa shape index (κ2) is 12.0. The zero-order chi connectivity index (χ0) is 32.7. The SMILES string of the molecule is CC(C)CC1NC(=O)N(C2CC3(CC(Oc4nn5ccccc5c4C(N)=O)C3)C2)C1=O.CCOC(=O)c1c(=O)[nH]n2ccccc12. The summed E-state index contributed by atoms with van der Waals surface area (Å²) < 4.78 is 13.9. The number of hydrogen-bond acceptors (Lipinski definition) is 8. The maximum absolute atomic E-state index is 12.7. The third-order valence-corrected chi connectivity index (χ3v) is 8.86. The zero-order valence-corrected chi connectivity index (χ0v) is 25.9. The molecule has 4 N–H and O–H groups in total.